The van der Waals surface area contributed by atoms with Crippen LogP contribution in [0.25, 0.3) is 10.4 Å². The van der Waals surface area contributed by atoms with Crippen molar-refractivity contribution in [3.05, 3.63) is 75.1 Å². The van der Waals surface area contributed by atoms with Crippen LogP contribution in [0, 0.1) is 0 Å². The molecule has 10 nitrogen and oxygen atoms in total. The van der Waals surface area contributed by atoms with Gasteiger partial charge in [0.25, 0.3) is 0 Å². The molecule has 0 aliphatic carbocycles. The normalized spacial score (nSPS) is 14.3. The van der Waals surface area contributed by atoms with E-state index < -0.39 is 41.3 Å². The largest absolute Gasteiger partial charge is 0.479 e. The van der Waals surface area contributed by atoms with Gasteiger partial charge >= 0.3 is 17.9 Å². The number of thiophene rings is 1. The summed E-state index contributed by atoms with van der Waals surface area (Å²) in [6, 6.07) is 17.0. The molecule has 1 aliphatic heterocycles. The highest BCUT2D eigenvalue weighted by Crippen LogP contribution is 2.46. The van der Waals surface area contributed by atoms with Gasteiger partial charge in [0.2, 0.25) is 16.8 Å². The zero-order valence-corrected chi connectivity index (χ0v) is 26.3. The molecular weight excluding hydrogens is 650 g/mol. The number of benzene rings is 2. The van der Waals surface area contributed by atoms with Crippen LogP contribution in [0.2, 0.25) is 0 Å². The Kier molecular flexibility index (Phi) is 10.8. The standard InChI is InChI=1S/C29H30BrNO9S2/c1-19(32)39-18-40-29(34)28-26(38-16-24(33)37-2)25(30)27(41-28)23-10-6-9-22(15-23)21-11-13-31(14-12-21)42(35,36)17-20-7-4-3-5-8-20/h3-10,15,21H,11-14,16-18H2,1-2H3. The zero-order chi connectivity index (χ0) is 30.3. The van der Waals surface area contributed by atoms with E-state index in [4.69, 9.17) is 14.2 Å². The molecule has 4 rings (SSSR count). The lowest BCUT2D eigenvalue weighted by molar-refractivity contribution is -0.149. The number of hydrogen-bond donors (Lipinski definition) is 0. The predicted octanol–water partition coefficient (Wildman–Crippen LogP) is 5.12. The van der Waals surface area contributed by atoms with Gasteiger partial charge in [0, 0.05) is 20.0 Å². The van der Waals surface area contributed by atoms with E-state index in [1.807, 2.05) is 54.6 Å². The van der Waals surface area contributed by atoms with Crippen LogP contribution in [0.1, 0.15) is 46.5 Å². The minimum Gasteiger partial charge on any atom is -0.479 e. The first kappa shape index (κ1) is 31.7. The predicted molar refractivity (Wildman–Crippen MR) is 160 cm³/mol. The number of carbonyl (C=O) groups is 3. The third kappa shape index (κ3) is 7.97. The van der Waals surface area contributed by atoms with Gasteiger partial charge in [-0.05, 0) is 51.4 Å². The Morgan fingerprint density at radius 3 is 2.40 bits per heavy atom. The van der Waals surface area contributed by atoms with Crippen LogP contribution in [-0.4, -0.2) is 64.2 Å². The van der Waals surface area contributed by atoms with Crippen LogP contribution < -0.4 is 4.74 Å². The van der Waals surface area contributed by atoms with Gasteiger partial charge in [0.15, 0.2) is 17.2 Å². The summed E-state index contributed by atoms with van der Waals surface area (Å²) < 4.78 is 48.1. The average molecular weight is 681 g/mol. The number of rotatable bonds is 11. The van der Waals surface area contributed by atoms with Crippen molar-refractivity contribution in [1.29, 1.82) is 0 Å². The van der Waals surface area contributed by atoms with Crippen LogP contribution in [0.4, 0.5) is 0 Å². The zero-order valence-electron chi connectivity index (χ0n) is 23.0. The molecule has 0 saturated carbocycles. The van der Waals surface area contributed by atoms with E-state index in [2.05, 4.69) is 20.7 Å². The summed E-state index contributed by atoms with van der Waals surface area (Å²) >= 11 is 4.61. The van der Waals surface area contributed by atoms with Crippen molar-refractivity contribution in [1.82, 2.24) is 4.31 Å². The Morgan fingerprint density at radius 2 is 1.74 bits per heavy atom. The lowest BCUT2D eigenvalue weighted by Crippen LogP contribution is -2.38. The molecule has 3 aromatic rings. The van der Waals surface area contributed by atoms with E-state index in [1.165, 1.54) is 14.0 Å². The van der Waals surface area contributed by atoms with Gasteiger partial charge in [-0.25, -0.2) is 22.3 Å². The van der Waals surface area contributed by atoms with Crippen molar-refractivity contribution in [2.75, 3.05) is 33.6 Å². The minimum atomic E-state index is -3.42. The summed E-state index contributed by atoms with van der Waals surface area (Å²) in [5, 5.41) is 0. The van der Waals surface area contributed by atoms with Crippen LogP contribution in [0.3, 0.4) is 0 Å². The fourth-order valence-corrected chi connectivity index (χ4v) is 8.05. The third-order valence-electron chi connectivity index (χ3n) is 6.67. The van der Waals surface area contributed by atoms with E-state index in [0.29, 0.717) is 35.3 Å². The van der Waals surface area contributed by atoms with E-state index in [-0.39, 0.29) is 22.3 Å². The van der Waals surface area contributed by atoms with Crippen molar-refractivity contribution in [3.8, 4) is 16.2 Å². The fraction of sp³-hybridized carbons (Fsp3) is 0.345. The molecule has 0 radical (unpaired) electrons. The van der Waals surface area contributed by atoms with Gasteiger partial charge in [-0.3, -0.25) is 4.79 Å². The molecular formula is C29H30BrNO9S2. The summed E-state index contributed by atoms with van der Waals surface area (Å²) in [6.45, 7) is 1.05. The number of carbonyl (C=O) groups excluding carboxylic acids is 3. The number of piperidine rings is 1. The first-order valence-corrected chi connectivity index (χ1v) is 16.3. The lowest BCUT2D eigenvalue weighted by atomic mass is 9.89. The van der Waals surface area contributed by atoms with E-state index in [9.17, 15) is 22.8 Å². The number of nitrogens with zero attached hydrogens (tertiary/aromatic N) is 1. The fourth-order valence-electron chi connectivity index (χ4n) is 4.54. The molecule has 2 aromatic carbocycles. The first-order chi connectivity index (χ1) is 20.1. The van der Waals surface area contributed by atoms with Crippen molar-refractivity contribution in [2.24, 2.45) is 0 Å². The number of ether oxygens (including phenoxy) is 4. The van der Waals surface area contributed by atoms with E-state index >= 15 is 0 Å². The molecule has 1 saturated heterocycles. The Hall–Kier alpha value is -3.26. The SMILES string of the molecule is COC(=O)COc1c(C(=O)OCOC(C)=O)sc(-c2cccc(C3CCN(S(=O)(=O)Cc4ccccc4)CC3)c2)c1Br. The smallest absolute Gasteiger partial charge is 0.355 e. The highest BCUT2D eigenvalue weighted by molar-refractivity contribution is 9.10. The maximum atomic E-state index is 13.0. The monoisotopic (exact) mass is 679 g/mol. The van der Waals surface area contributed by atoms with Crippen LogP contribution in [0.15, 0.2) is 59.1 Å². The molecule has 1 aromatic heterocycles. The third-order valence-corrected chi connectivity index (χ3v) is 10.7. The van der Waals surface area contributed by atoms with Crippen LogP contribution in [0.5, 0.6) is 5.75 Å². The molecule has 0 amide bonds. The second-order valence-electron chi connectivity index (χ2n) is 9.49. The van der Waals surface area contributed by atoms with Gasteiger partial charge in [-0.1, -0.05) is 54.6 Å². The van der Waals surface area contributed by atoms with Crippen molar-refractivity contribution < 1.29 is 41.7 Å². The molecule has 0 unspecified atom stereocenters. The molecule has 13 heteroatoms. The molecule has 2 heterocycles. The van der Waals surface area contributed by atoms with Gasteiger partial charge in [0.05, 0.1) is 22.2 Å². The number of hydrogen-bond acceptors (Lipinski definition) is 10. The maximum Gasteiger partial charge on any atom is 0.355 e. The molecule has 1 aliphatic rings. The number of methoxy groups -OCH3 is 1. The molecule has 42 heavy (non-hydrogen) atoms. The Balaban J connectivity index is 1.51. The molecule has 0 bridgehead atoms. The summed E-state index contributed by atoms with van der Waals surface area (Å²) in [4.78, 5) is 36.4. The van der Waals surface area contributed by atoms with Gasteiger partial charge < -0.3 is 18.9 Å². The maximum absolute atomic E-state index is 13.0. The number of sulfonamides is 1. The lowest BCUT2D eigenvalue weighted by Gasteiger charge is -2.31. The molecule has 0 spiro atoms. The van der Waals surface area contributed by atoms with Crippen LogP contribution >= 0.6 is 27.3 Å². The Bertz CT molecular complexity index is 1530. The Labute approximate surface area is 256 Å². The summed E-state index contributed by atoms with van der Waals surface area (Å²) in [5.74, 6) is -1.78. The summed E-state index contributed by atoms with van der Waals surface area (Å²) in [6.07, 6.45) is 1.34. The van der Waals surface area contributed by atoms with E-state index in [0.717, 1.165) is 28.0 Å². The highest BCUT2D eigenvalue weighted by Gasteiger charge is 2.30. The van der Waals surface area contributed by atoms with Gasteiger partial charge in [-0.15, -0.1) is 11.3 Å². The minimum absolute atomic E-state index is 0.0214. The molecule has 224 valence electrons. The van der Waals surface area contributed by atoms with Gasteiger partial charge in [-0.2, -0.15) is 0 Å². The highest BCUT2D eigenvalue weighted by atomic mass is 79.9. The molecule has 1 fully saturated rings. The average Bonchev–Trinajstić information content (AvgIpc) is 3.32. The van der Waals surface area contributed by atoms with E-state index in [1.54, 1.807) is 4.31 Å². The van der Waals surface area contributed by atoms with Crippen LogP contribution in [-0.2, 0) is 39.6 Å². The number of halogens is 1. The van der Waals surface area contributed by atoms with Gasteiger partial charge in [0.1, 0.15) is 0 Å². The Morgan fingerprint density at radius 1 is 1.02 bits per heavy atom. The van der Waals surface area contributed by atoms with Crippen molar-refractivity contribution in [2.45, 2.75) is 31.4 Å². The molecule has 0 atom stereocenters. The first-order valence-electron chi connectivity index (χ1n) is 13.0. The topological polar surface area (TPSA) is 126 Å². The quantitative estimate of drug-likeness (QED) is 0.201. The molecule has 0 N–H and O–H groups in total. The van der Waals surface area contributed by atoms with Crippen molar-refractivity contribution >= 4 is 55.2 Å². The summed E-state index contributed by atoms with van der Waals surface area (Å²) in [5.41, 5.74) is 2.60. The van der Waals surface area contributed by atoms with Crippen molar-refractivity contribution in [3.63, 3.8) is 0 Å². The number of esters is 3. The summed E-state index contributed by atoms with van der Waals surface area (Å²) in [7, 11) is -2.20. The second-order valence-corrected chi connectivity index (χ2v) is 13.3. The second kappa shape index (κ2) is 14.3.